The minimum Gasteiger partial charge on any atom is -0.372 e. The molecule has 0 unspecified atom stereocenters. The van der Waals surface area contributed by atoms with E-state index in [2.05, 4.69) is 67.4 Å². The molecular weight excluding hydrogens is 447 g/mol. The van der Waals surface area contributed by atoms with E-state index in [9.17, 15) is 4.39 Å². The number of pyridine rings is 1. The van der Waals surface area contributed by atoms with Crippen molar-refractivity contribution in [1.82, 2.24) is 4.98 Å². The van der Waals surface area contributed by atoms with Crippen LogP contribution in [-0.2, 0) is 5.67 Å². The first kappa shape index (κ1) is 25.5. The Balaban J connectivity index is 1.68. The molecule has 4 rings (SSSR count). The number of aromatic nitrogens is 1. The van der Waals surface area contributed by atoms with Crippen LogP contribution in [0.4, 0.5) is 21.6 Å². The average Bonchev–Trinajstić information content (AvgIpc) is 3.01. The molecule has 5 heteroatoms. The topological polar surface area (TPSA) is 31.4 Å². The molecule has 0 spiro atoms. The van der Waals surface area contributed by atoms with Gasteiger partial charge in [0.1, 0.15) is 11.5 Å². The van der Waals surface area contributed by atoms with E-state index in [4.69, 9.17) is 4.98 Å². The van der Waals surface area contributed by atoms with Gasteiger partial charge in [0.25, 0.3) is 0 Å². The molecule has 0 radical (unpaired) electrons. The minimum atomic E-state index is -1.42. The molecule has 2 heterocycles. The lowest BCUT2D eigenvalue weighted by molar-refractivity contribution is 0.221. The van der Waals surface area contributed by atoms with Crippen LogP contribution in [0.1, 0.15) is 45.2 Å². The summed E-state index contributed by atoms with van der Waals surface area (Å²) in [6, 6.07) is 20.0. The number of rotatable bonds is 7. The summed E-state index contributed by atoms with van der Waals surface area (Å²) in [6.07, 6.45) is 0.971. The zero-order chi connectivity index (χ0) is 26.0. The highest BCUT2D eigenvalue weighted by Gasteiger charge is 2.24. The van der Waals surface area contributed by atoms with Gasteiger partial charge >= 0.3 is 0 Å². The molecule has 0 aliphatic carbocycles. The van der Waals surface area contributed by atoms with E-state index >= 15 is 0 Å². The van der Waals surface area contributed by atoms with Crippen molar-refractivity contribution in [3.63, 3.8) is 0 Å². The van der Waals surface area contributed by atoms with Crippen LogP contribution in [0.2, 0.25) is 0 Å². The number of halogens is 1. The summed E-state index contributed by atoms with van der Waals surface area (Å²) in [6.45, 7) is 17.8. The number of nitrogens with zero attached hydrogens (tertiary/aromatic N) is 3. The maximum atomic E-state index is 14.6. The largest absolute Gasteiger partial charge is 0.372 e. The van der Waals surface area contributed by atoms with Crippen molar-refractivity contribution in [2.24, 2.45) is 5.92 Å². The van der Waals surface area contributed by atoms with Crippen molar-refractivity contribution in [2.45, 2.75) is 39.8 Å². The Kier molecular flexibility index (Phi) is 7.21. The van der Waals surface area contributed by atoms with Gasteiger partial charge < -0.3 is 15.1 Å². The van der Waals surface area contributed by atoms with Gasteiger partial charge in [-0.05, 0) is 73.2 Å². The Morgan fingerprint density at radius 1 is 1.03 bits per heavy atom. The van der Waals surface area contributed by atoms with Crippen molar-refractivity contribution in [1.29, 1.82) is 0 Å². The maximum absolute atomic E-state index is 14.6. The summed E-state index contributed by atoms with van der Waals surface area (Å²) < 4.78 is 14.6. The molecule has 0 saturated carbocycles. The van der Waals surface area contributed by atoms with Gasteiger partial charge in [0.05, 0.1) is 11.4 Å². The van der Waals surface area contributed by atoms with E-state index in [1.54, 1.807) is 13.8 Å². The lowest BCUT2D eigenvalue weighted by Crippen LogP contribution is -2.28. The van der Waals surface area contributed by atoms with E-state index in [1.165, 1.54) is 0 Å². The lowest BCUT2D eigenvalue weighted by Gasteiger charge is -2.28. The molecule has 1 aliphatic heterocycles. The van der Waals surface area contributed by atoms with Crippen molar-refractivity contribution in [3.05, 3.63) is 90.8 Å². The van der Waals surface area contributed by atoms with Crippen molar-refractivity contribution >= 4 is 22.8 Å². The Bertz CT molecular complexity index is 1270. The highest BCUT2D eigenvalue weighted by Crippen LogP contribution is 2.36. The number of fused-ring (bicyclic) bond motifs is 1. The van der Waals surface area contributed by atoms with Crippen LogP contribution < -0.4 is 15.1 Å². The fraction of sp³-hybridized carbons (Fsp3) is 0.323. The molecule has 0 amide bonds. The first-order valence-corrected chi connectivity index (χ1v) is 12.6. The molecule has 3 aromatic rings. The predicted octanol–water partition coefficient (Wildman–Crippen LogP) is 7.85. The number of allylic oxidation sites excluding steroid dienone is 1. The second-order valence-corrected chi connectivity index (χ2v) is 10.4. The first-order chi connectivity index (χ1) is 17.0. The number of alkyl halides is 1. The Hall–Kier alpha value is -3.60. The summed E-state index contributed by atoms with van der Waals surface area (Å²) in [5.41, 5.74) is 5.16. The molecule has 1 aromatic heterocycles. The van der Waals surface area contributed by atoms with Crippen LogP contribution in [0.3, 0.4) is 0 Å². The average molecular weight is 485 g/mol. The van der Waals surface area contributed by atoms with Crippen LogP contribution in [0.25, 0.3) is 16.8 Å². The standard InChI is InChI=1S/C31H37FN4/c1-21(2)22(3)24-11-9-14-27(20-24)33-23(4)36-18-10-17-35(7)29-16-15-28(34-30(29)36)25-12-8-13-26(19-25)31(5,6)32/h8-9,11-16,19-21,33H,3-4,10,17-18H2,1-2,5-7H3. The smallest absolute Gasteiger partial charge is 0.158 e. The van der Waals surface area contributed by atoms with E-state index < -0.39 is 5.67 Å². The Labute approximate surface area is 215 Å². The van der Waals surface area contributed by atoms with Gasteiger partial charge in [-0.2, -0.15) is 0 Å². The monoisotopic (exact) mass is 484 g/mol. The van der Waals surface area contributed by atoms with Gasteiger partial charge in [0, 0.05) is 31.4 Å². The number of nitrogens with one attached hydrogen (secondary N) is 1. The highest BCUT2D eigenvalue weighted by molar-refractivity contribution is 5.76. The summed E-state index contributed by atoms with van der Waals surface area (Å²) in [4.78, 5) is 9.46. The molecule has 0 fully saturated rings. The number of hydrogen-bond acceptors (Lipinski definition) is 4. The third kappa shape index (κ3) is 5.46. The van der Waals surface area contributed by atoms with E-state index in [0.29, 0.717) is 11.5 Å². The Morgan fingerprint density at radius 3 is 2.50 bits per heavy atom. The lowest BCUT2D eigenvalue weighted by atomic mass is 9.97. The van der Waals surface area contributed by atoms with Gasteiger partial charge in [-0.15, -0.1) is 0 Å². The van der Waals surface area contributed by atoms with Crippen LogP contribution in [0.15, 0.2) is 79.6 Å². The van der Waals surface area contributed by atoms with Crippen LogP contribution in [0, 0.1) is 5.92 Å². The van der Waals surface area contributed by atoms with Crippen molar-refractivity contribution in [2.75, 3.05) is 35.3 Å². The van der Waals surface area contributed by atoms with Gasteiger partial charge in [-0.3, -0.25) is 0 Å². The molecule has 2 aromatic carbocycles. The predicted molar refractivity (Wildman–Crippen MR) is 152 cm³/mol. The Morgan fingerprint density at radius 2 is 1.78 bits per heavy atom. The summed E-state index contributed by atoms with van der Waals surface area (Å²) >= 11 is 0. The van der Waals surface area contributed by atoms with Crippen LogP contribution >= 0.6 is 0 Å². The van der Waals surface area contributed by atoms with E-state index in [-0.39, 0.29) is 0 Å². The minimum absolute atomic E-state index is 0.376. The van der Waals surface area contributed by atoms with Gasteiger partial charge in [0.15, 0.2) is 5.82 Å². The quantitative estimate of drug-likeness (QED) is 0.370. The third-order valence-corrected chi connectivity index (χ3v) is 6.79. The fourth-order valence-electron chi connectivity index (χ4n) is 4.47. The highest BCUT2D eigenvalue weighted by atomic mass is 19.1. The van der Waals surface area contributed by atoms with Gasteiger partial charge in [-0.1, -0.05) is 57.3 Å². The van der Waals surface area contributed by atoms with Gasteiger partial charge in [0.2, 0.25) is 0 Å². The molecule has 1 N–H and O–H groups in total. The number of hydrogen-bond donors (Lipinski definition) is 1. The number of anilines is 3. The molecule has 4 nitrogen and oxygen atoms in total. The fourth-order valence-corrected chi connectivity index (χ4v) is 4.47. The molecule has 0 atom stereocenters. The molecule has 0 saturated heterocycles. The molecule has 188 valence electrons. The molecule has 36 heavy (non-hydrogen) atoms. The number of benzene rings is 2. The second kappa shape index (κ2) is 10.2. The summed E-state index contributed by atoms with van der Waals surface area (Å²) in [7, 11) is 2.09. The zero-order valence-electron chi connectivity index (χ0n) is 22.1. The maximum Gasteiger partial charge on any atom is 0.158 e. The van der Waals surface area contributed by atoms with Crippen LogP contribution in [0.5, 0.6) is 0 Å². The molecular formula is C31H37FN4. The third-order valence-electron chi connectivity index (χ3n) is 6.79. The SMILES string of the molecule is C=C(c1cccc(NC(=C)N2CCCN(C)c3ccc(-c4cccc(C(C)(C)F)c4)nc32)c1)C(C)C. The first-order valence-electron chi connectivity index (χ1n) is 12.6. The zero-order valence-corrected chi connectivity index (χ0v) is 22.1. The van der Waals surface area contributed by atoms with E-state index in [1.807, 2.05) is 42.5 Å². The second-order valence-electron chi connectivity index (χ2n) is 10.4. The molecule has 0 bridgehead atoms. The molecule has 1 aliphatic rings. The normalized spacial score (nSPS) is 13.9. The summed E-state index contributed by atoms with van der Waals surface area (Å²) in [5.74, 6) is 1.99. The summed E-state index contributed by atoms with van der Waals surface area (Å²) in [5, 5.41) is 3.50. The van der Waals surface area contributed by atoms with Crippen molar-refractivity contribution < 1.29 is 4.39 Å². The van der Waals surface area contributed by atoms with Crippen molar-refractivity contribution in [3.8, 4) is 11.3 Å². The van der Waals surface area contributed by atoms with Gasteiger partial charge in [-0.25, -0.2) is 9.37 Å². The van der Waals surface area contributed by atoms with E-state index in [0.717, 1.165) is 64.9 Å². The van der Waals surface area contributed by atoms with Crippen LogP contribution in [-0.4, -0.2) is 25.1 Å².